The fourth-order valence-electron chi connectivity index (χ4n) is 4.86. The number of amides is 1. The fourth-order valence-corrected chi connectivity index (χ4v) is 4.86. The van der Waals surface area contributed by atoms with Crippen molar-refractivity contribution in [2.45, 2.75) is 33.4 Å². The normalized spacial score (nSPS) is 16.6. The second kappa shape index (κ2) is 12.6. The lowest BCUT2D eigenvalue weighted by molar-refractivity contribution is -0.140. The van der Waals surface area contributed by atoms with Gasteiger partial charge in [0.2, 0.25) is 0 Å². The minimum atomic E-state index is -0.729. The Labute approximate surface area is 230 Å². The topological polar surface area (TPSA) is 79.3 Å². The van der Waals surface area contributed by atoms with Gasteiger partial charge in [0.25, 0.3) is 11.7 Å². The van der Waals surface area contributed by atoms with Gasteiger partial charge >= 0.3 is 0 Å². The molecule has 3 aromatic rings. The Kier molecular flexibility index (Phi) is 9.04. The van der Waals surface area contributed by atoms with Gasteiger partial charge in [-0.15, -0.1) is 0 Å². The molecule has 0 bridgehead atoms. The van der Waals surface area contributed by atoms with Gasteiger partial charge in [0.1, 0.15) is 23.9 Å². The smallest absolute Gasteiger partial charge is 0.295 e. The van der Waals surface area contributed by atoms with Gasteiger partial charge < -0.3 is 24.4 Å². The fraction of sp³-hybridized carbons (Fsp3) is 0.312. The number of aliphatic hydroxyl groups is 1. The average molecular weight is 529 g/mol. The maximum Gasteiger partial charge on any atom is 0.295 e. The van der Waals surface area contributed by atoms with E-state index >= 15 is 0 Å². The molecule has 1 fully saturated rings. The van der Waals surface area contributed by atoms with Gasteiger partial charge in [-0.25, -0.2) is 0 Å². The van der Waals surface area contributed by atoms with Gasteiger partial charge in [0, 0.05) is 18.7 Å². The summed E-state index contributed by atoms with van der Waals surface area (Å²) >= 11 is 0. The first-order chi connectivity index (χ1) is 18.9. The van der Waals surface area contributed by atoms with Crippen LogP contribution in [0.4, 0.5) is 0 Å². The molecule has 0 saturated carbocycles. The summed E-state index contributed by atoms with van der Waals surface area (Å²) in [5.74, 6) is -0.276. The summed E-state index contributed by atoms with van der Waals surface area (Å²) in [7, 11) is 1.57. The lowest BCUT2D eigenvalue weighted by Crippen LogP contribution is -2.38. The summed E-state index contributed by atoms with van der Waals surface area (Å²) < 4.78 is 11.3. The molecule has 0 radical (unpaired) electrons. The molecule has 7 nitrogen and oxygen atoms in total. The number of ether oxygens (including phenoxy) is 2. The van der Waals surface area contributed by atoms with Crippen LogP contribution in [0.5, 0.6) is 11.5 Å². The number of likely N-dealkylation sites (N-methyl/N-ethyl adjacent to an activating group) is 1. The van der Waals surface area contributed by atoms with Crippen molar-refractivity contribution in [2.75, 3.05) is 33.3 Å². The molecule has 4 rings (SSSR count). The molecule has 7 heteroatoms. The number of hydrogen-bond acceptors (Lipinski definition) is 6. The standard InChI is InChI=1S/C32H36N2O5/c1-5-33(6-2)18-19-34-29(24-12-9-13-27(20-24)38-4)28(31(36)32(34)37)30(35)23-14-16-26(17-15-23)39-21-25-11-8-7-10-22(25)3/h7-17,20,29,35H,5-6,18-19,21H2,1-4H3/b30-28+. The van der Waals surface area contributed by atoms with Crippen molar-refractivity contribution >= 4 is 17.4 Å². The highest BCUT2D eigenvalue weighted by Crippen LogP contribution is 2.40. The number of carbonyl (C=O) groups excluding carboxylic acids is 2. The van der Waals surface area contributed by atoms with Crippen LogP contribution in [0.3, 0.4) is 0 Å². The number of likely N-dealkylation sites (tertiary alicyclic amines) is 1. The molecule has 1 heterocycles. The lowest BCUT2D eigenvalue weighted by atomic mass is 9.95. The van der Waals surface area contributed by atoms with Crippen LogP contribution in [0.1, 0.15) is 42.1 Å². The predicted molar refractivity (Wildman–Crippen MR) is 152 cm³/mol. The molecule has 204 valence electrons. The second-order valence-electron chi connectivity index (χ2n) is 9.54. The molecule has 1 unspecified atom stereocenters. The molecule has 1 aliphatic rings. The zero-order valence-corrected chi connectivity index (χ0v) is 23.0. The third kappa shape index (κ3) is 6.15. The Hall–Kier alpha value is -4.10. The van der Waals surface area contributed by atoms with E-state index in [1.807, 2.05) is 43.3 Å². The van der Waals surface area contributed by atoms with Crippen LogP contribution in [0.25, 0.3) is 5.76 Å². The van der Waals surface area contributed by atoms with Crippen molar-refractivity contribution < 1.29 is 24.2 Å². The van der Waals surface area contributed by atoms with Crippen LogP contribution >= 0.6 is 0 Å². The molecular weight excluding hydrogens is 492 g/mol. The number of Topliss-reactive ketones (excluding diaryl/α,β-unsaturated/α-hetero) is 1. The number of methoxy groups -OCH3 is 1. The van der Waals surface area contributed by atoms with E-state index in [9.17, 15) is 14.7 Å². The number of ketones is 1. The van der Waals surface area contributed by atoms with Gasteiger partial charge in [-0.05, 0) is 73.1 Å². The van der Waals surface area contributed by atoms with E-state index in [2.05, 4.69) is 18.7 Å². The Bertz CT molecular complexity index is 1340. The summed E-state index contributed by atoms with van der Waals surface area (Å²) in [6, 6.07) is 21.5. The van der Waals surface area contributed by atoms with E-state index in [-0.39, 0.29) is 11.3 Å². The number of aliphatic hydroxyl groups excluding tert-OH is 1. The highest BCUT2D eigenvalue weighted by Gasteiger charge is 2.46. The number of rotatable bonds is 11. The quantitative estimate of drug-likeness (QED) is 0.205. The van der Waals surface area contributed by atoms with Crippen molar-refractivity contribution in [3.8, 4) is 11.5 Å². The number of carbonyl (C=O) groups is 2. The van der Waals surface area contributed by atoms with Crippen molar-refractivity contribution in [2.24, 2.45) is 0 Å². The highest BCUT2D eigenvalue weighted by atomic mass is 16.5. The number of aryl methyl sites for hydroxylation is 1. The van der Waals surface area contributed by atoms with Gasteiger partial charge in [-0.3, -0.25) is 9.59 Å². The zero-order chi connectivity index (χ0) is 27.9. The first-order valence-electron chi connectivity index (χ1n) is 13.3. The maximum atomic E-state index is 13.3. The van der Waals surface area contributed by atoms with E-state index in [0.717, 1.165) is 24.2 Å². The van der Waals surface area contributed by atoms with Gasteiger partial charge in [0.15, 0.2) is 0 Å². The SMILES string of the molecule is CCN(CC)CCN1C(=O)C(=O)/C(=C(/O)c2ccc(OCc3ccccc3C)cc2)C1c1cccc(OC)c1. The summed E-state index contributed by atoms with van der Waals surface area (Å²) in [4.78, 5) is 30.3. The van der Waals surface area contributed by atoms with E-state index in [1.54, 1.807) is 48.4 Å². The Balaban J connectivity index is 1.66. The minimum absolute atomic E-state index is 0.0707. The third-order valence-electron chi connectivity index (χ3n) is 7.28. The van der Waals surface area contributed by atoms with Crippen LogP contribution in [0, 0.1) is 6.92 Å². The van der Waals surface area contributed by atoms with E-state index in [0.29, 0.717) is 42.3 Å². The number of hydrogen-bond donors (Lipinski definition) is 1. The van der Waals surface area contributed by atoms with Gasteiger partial charge in [-0.2, -0.15) is 0 Å². The van der Waals surface area contributed by atoms with Crippen molar-refractivity contribution in [1.82, 2.24) is 9.80 Å². The molecule has 0 spiro atoms. The molecule has 1 saturated heterocycles. The van der Waals surface area contributed by atoms with Crippen LogP contribution in [0.2, 0.25) is 0 Å². The largest absolute Gasteiger partial charge is 0.507 e. The summed E-state index contributed by atoms with van der Waals surface area (Å²) in [5.41, 5.74) is 3.45. The van der Waals surface area contributed by atoms with Crippen LogP contribution < -0.4 is 9.47 Å². The average Bonchev–Trinajstić information content (AvgIpc) is 3.22. The highest BCUT2D eigenvalue weighted by molar-refractivity contribution is 6.46. The molecule has 3 aromatic carbocycles. The second-order valence-corrected chi connectivity index (χ2v) is 9.54. The van der Waals surface area contributed by atoms with Crippen molar-refractivity contribution in [3.63, 3.8) is 0 Å². The molecule has 1 aliphatic heterocycles. The third-order valence-corrected chi connectivity index (χ3v) is 7.28. The van der Waals surface area contributed by atoms with Crippen LogP contribution in [0.15, 0.2) is 78.4 Å². The van der Waals surface area contributed by atoms with Crippen LogP contribution in [-0.4, -0.2) is 59.9 Å². The van der Waals surface area contributed by atoms with Crippen LogP contribution in [-0.2, 0) is 16.2 Å². The molecule has 0 aromatic heterocycles. The first kappa shape index (κ1) is 27.9. The maximum absolute atomic E-state index is 13.3. The number of nitrogens with zero attached hydrogens (tertiary/aromatic N) is 2. The van der Waals surface area contributed by atoms with E-state index < -0.39 is 17.7 Å². The molecule has 1 N–H and O–H groups in total. The van der Waals surface area contributed by atoms with Crippen molar-refractivity contribution in [3.05, 3.63) is 101 Å². The number of benzene rings is 3. The predicted octanol–water partition coefficient (Wildman–Crippen LogP) is 5.35. The molecule has 1 amide bonds. The molecular formula is C32H36N2O5. The van der Waals surface area contributed by atoms with Gasteiger partial charge in [-0.1, -0.05) is 50.2 Å². The molecule has 1 atom stereocenters. The molecule has 39 heavy (non-hydrogen) atoms. The van der Waals surface area contributed by atoms with Gasteiger partial charge in [0.05, 0.1) is 18.7 Å². The van der Waals surface area contributed by atoms with E-state index in [1.165, 1.54) is 0 Å². The lowest BCUT2D eigenvalue weighted by Gasteiger charge is -2.28. The first-order valence-corrected chi connectivity index (χ1v) is 13.3. The molecule has 0 aliphatic carbocycles. The Morgan fingerprint density at radius 1 is 0.949 bits per heavy atom. The van der Waals surface area contributed by atoms with Crippen molar-refractivity contribution in [1.29, 1.82) is 0 Å². The Morgan fingerprint density at radius 3 is 2.33 bits per heavy atom. The summed E-state index contributed by atoms with van der Waals surface area (Å²) in [6.45, 7) is 9.23. The monoisotopic (exact) mass is 528 g/mol. The Morgan fingerprint density at radius 2 is 1.67 bits per heavy atom. The van der Waals surface area contributed by atoms with E-state index in [4.69, 9.17) is 9.47 Å². The zero-order valence-electron chi connectivity index (χ0n) is 23.0. The summed E-state index contributed by atoms with van der Waals surface area (Å²) in [5, 5.41) is 11.4. The minimum Gasteiger partial charge on any atom is -0.507 e. The summed E-state index contributed by atoms with van der Waals surface area (Å²) in [6.07, 6.45) is 0.